The predicted octanol–water partition coefficient (Wildman–Crippen LogP) is 1.98. The van der Waals surface area contributed by atoms with Gasteiger partial charge in [0.15, 0.2) is 0 Å². The molecule has 8 nitrogen and oxygen atoms in total. The van der Waals surface area contributed by atoms with Crippen molar-refractivity contribution in [1.29, 1.82) is 0 Å². The summed E-state index contributed by atoms with van der Waals surface area (Å²) in [5, 5.41) is 20.6. The first-order valence-electron chi connectivity index (χ1n) is 8.64. The fourth-order valence-corrected chi connectivity index (χ4v) is 3.34. The number of hydrogen-bond acceptors (Lipinski definition) is 4. The zero-order valence-corrected chi connectivity index (χ0v) is 14.3. The lowest BCUT2D eigenvalue weighted by Crippen LogP contribution is -2.35. The Bertz CT molecular complexity index is 751. The van der Waals surface area contributed by atoms with Gasteiger partial charge in [0.1, 0.15) is 0 Å². The highest BCUT2D eigenvalue weighted by atomic mass is 16.4. The number of aryl methyl sites for hydroxylation is 1. The van der Waals surface area contributed by atoms with Crippen molar-refractivity contribution in [2.24, 2.45) is 11.8 Å². The number of amides is 1. The molecule has 1 aliphatic rings. The van der Waals surface area contributed by atoms with Crippen LogP contribution in [0.2, 0.25) is 0 Å². The molecule has 0 unspecified atom stereocenters. The summed E-state index contributed by atoms with van der Waals surface area (Å²) in [5.41, 5.74) is 1.61. The van der Waals surface area contributed by atoms with Gasteiger partial charge in [-0.3, -0.25) is 19.0 Å². The molecule has 2 aromatic rings. The maximum atomic E-state index is 12.5. The molecular weight excluding hydrogens is 322 g/mol. The number of aromatic nitrogens is 4. The number of rotatable bonds is 6. The molecule has 0 bridgehead atoms. The van der Waals surface area contributed by atoms with Crippen LogP contribution in [0.5, 0.6) is 0 Å². The topological polar surface area (TPSA) is 102 Å². The van der Waals surface area contributed by atoms with E-state index in [-0.39, 0.29) is 5.91 Å². The molecule has 2 atom stereocenters. The minimum Gasteiger partial charge on any atom is -0.481 e. The summed E-state index contributed by atoms with van der Waals surface area (Å²) in [6, 6.07) is 0. The summed E-state index contributed by atoms with van der Waals surface area (Å²) in [6.07, 6.45) is 10.0. The highest BCUT2D eigenvalue weighted by molar-refractivity contribution is 5.95. The van der Waals surface area contributed by atoms with Crippen LogP contribution < -0.4 is 5.32 Å². The molecular formula is C17H23N5O3. The second-order valence-corrected chi connectivity index (χ2v) is 6.46. The van der Waals surface area contributed by atoms with Crippen molar-refractivity contribution < 1.29 is 14.7 Å². The first-order chi connectivity index (χ1) is 12.1. The Hall–Kier alpha value is -2.64. The lowest BCUT2D eigenvalue weighted by molar-refractivity contribution is -0.147. The van der Waals surface area contributed by atoms with E-state index in [1.165, 1.54) is 0 Å². The van der Waals surface area contributed by atoms with E-state index < -0.39 is 17.8 Å². The maximum absolute atomic E-state index is 12.5. The SMILES string of the molecule is CCn1cc(Cn2cc(NC(=O)[C@H]3CCCC[C@H]3C(=O)O)cn2)cn1. The molecule has 0 radical (unpaired) electrons. The largest absolute Gasteiger partial charge is 0.481 e. The van der Waals surface area contributed by atoms with E-state index in [1.54, 1.807) is 23.3 Å². The first-order valence-corrected chi connectivity index (χ1v) is 8.64. The molecule has 1 fully saturated rings. The van der Waals surface area contributed by atoms with Gasteiger partial charge in [-0.2, -0.15) is 10.2 Å². The van der Waals surface area contributed by atoms with Crippen molar-refractivity contribution in [1.82, 2.24) is 19.6 Å². The summed E-state index contributed by atoms with van der Waals surface area (Å²) in [7, 11) is 0. The molecule has 2 aromatic heterocycles. The van der Waals surface area contributed by atoms with E-state index in [9.17, 15) is 14.7 Å². The third-order valence-corrected chi connectivity index (χ3v) is 4.68. The normalized spacial score (nSPS) is 20.4. The fraction of sp³-hybridized carbons (Fsp3) is 0.529. The molecule has 8 heteroatoms. The number of carboxylic acids is 1. The maximum Gasteiger partial charge on any atom is 0.307 e. The van der Waals surface area contributed by atoms with E-state index in [0.717, 1.165) is 24.9 Å². The second kappa shape index (κ2) is 7.50. The molecule has 0 saturated heterocycles. The number of aliphatic carboxylic acids is 1. The van der Waals surface area contributed by atoms with Gasteiger partial charge < -0.3 is 10.4 Å². The summed E-state index contributed by atoms with van der Waals surface area (Å²) in [6.45, 7) is 3.40. The van der Waals surface area contributed by atoms with Crippen LogP contribution in [0, 0.1) is 11.8 Å². The van der Waals surface area contributed by atoms with E-state index in [0.29, 0.717) is 25.1 Å². The van der Waals surface area contributed by atoms with E-state index >= 15 is 0 Å². The van der Waals surface area contributed by atoms with Crippen LogP contribution in [0.3, 0.4) is 0 Å². The number of carboxylic acid groups (broad SMARTS) is 1. The fourth-order valence-electron chi connectivity index (χ4n) is 3.34. The molecule has 0 aromatic carbocycles. The zero-order chi connectivity index (χ0) is 17.8. The molecule has 2 N–H and O–H groups in total. The Morgan fingerprint density at radius 3 is 2.56 bits per heavy atom. The Balaban J connectivity index is 1.62. The Morgan fingerprint density at radius 1 is 1.16 bits per heavy atom. The number of anilines is 1. The summed E-state index contributed by atoms with van der Waals surface area (Å²) in [4.78, 5) is 23.8. The molecule has 25 heavy (non-hydrogen) atoms. The zero-order valence-electron chi connectivity index (χ0n) is 14.3. The number of nitrogens with zero attached hydrogens (tertiary/aromatic N) is 4. The molecule has 2 heterocycles. The van der Waals surface area contributed by atoms with Crippen molar-refractivity contribution >= 4 is 17.6 Å². The van der Waals surface area contributed by atoms with Crippen LogP contribution in [0.15, 0.2) is 24.8 Å². The summed E-state index contributed by atoms with van der Waals surface area (Å²) >= 11 is 0. The Labute approximate surface area is 145 Å². The number of carbonyl (C=O) groups excluding carboxylic acids is 1. The molecule has 1 saturated carbocycles. The third kappa shape index (κ3) is 4.07. The van der Waals surface area contributed by atoms with E-state index in [1.807, 2.05) is 17.8 Å². The van der Waals surface area contributed by atoms with Gasteiger partial charge in [-0.15, -0.1) is 0 Å². The average molecular weight is 345 g/mol. The Morgan fingerprint density at radius 2 is 1.88 bits per heavy atom. The smallest absolute Gasteiger partial charge is 0.307 e. The van der Waals surface area contributed by atoms with E-state index in [4.69, 9.17) is 0 Å². The quantitative estimate of drug-likeness (QED) is 0.833. The molecule has 0 spiro atoms. The second-order valence-electron chi connectivity index (χ2n) is 6.46. The first kappa shape index (κ1) is 17.2. The van der Waals surface area contributed by atoms with Gasteiger partial charge in [0.2, 0.25) is 5.91 Å². The van der Waals surface area contributed by atoms with Crippen LogP contribution in [-0.4, -0.2) is 36.5 Å². The monoisotopic (exact) mass is 345 g/mol. The number of carbonyl (C=O) groups is 2. The molecule has 3 rings (SSSR count). The molecule has 134 valence electrons. The van der Waals surface area contributed by atoms with Crippen molar-refractivity contribution in [3.63, 3.8) is 0 Å². The predicted molar refractivity (Wildman–Crippen MR) is 90.9 cm³/mol. The van der Waals surface area contributed by atoms with E-state index in [2.05, 4.69) is 15.5 Å². The molecule has 0 aliphatic heterocycles. The van der Waals surface area contributed by atoms with Gasteiger partial charge in [-0.1, -0.05) is 12.8 Å². The number of hydrogen-bond donors (Lipinski definition) is 2. The summed E-state index contributed by atoms with van der Waals surface area (Å²) in [5.74, 6) is -2.19. The minimum atomic E-state index is -0.886. The van der Waals surface area contributed by atoms with Crippen LogP contribution in [-0.2, 0) is 22.7 Å². The number of nitrogens with one attached hydrogen (secondary N) is 1. The van der Waals surface area contributed by atoms with Crippen molar-refractivity contribution in [3.05, 3.63) is 30.4 Å². The van der Waals surface area contributed by atoms with Crippen LogP contribution in [0.1, 0.15) is 38.2 Å². The lowest BCUT2D eigenvalue weighted by Gasteiger charge is -2.27. The highest BCUT2D eigenvalue weighted by Gasteiger charge is 2.35. The standard InChI is InChI=1S/C17H23N5O3/c1-2-21-9-12(7-18-21)10-22-11-13(8-19-22)20-16(23)14-5-3-4-6-15(14)17(24)25/h7-9,11,14-15H,2-6,10H2,1H3,(H,20,23)(H,24,25)/t14-,15+/m0/s1. The van der Waals surface area contributed by atoms with Crippen molar-refractivity contribution in [3.8, 4) is 0 Å². The van der Waals surface area contributed by atoms with Gasteiger partial charge in [0, 0.05) is 24.5 Å². The van der Waals surface area contributed by atoms with Crippen molar-refractivity contribution in [2.45, 2.75) is 45.7 Å². The van der Waals surface area contributed by atoms with Gasteiger partial charge in [-0.25, -0.2) is 0 Å². The van der Waals surface area contributed by atoms with Crippen LogP contribution >= 0.6 is 0 Å². The van der Waals surface area contributed by atoms with Gasteiger partial charge in [-0.05, 0) is 19.8 Å². The summed E-state index contributed by atoms with van der Waals surface area (Å²) < 4.78 is 3.57. The van der Waals surface area contributed by atoms with Gasteiger partial charge >= 0.3 is 5.97 Å². The van der Waals surface area contributed by atoms with Crippen LogP contribution in [0.25, 0.3) is 0 Å². The molecule has 1 aliphatic carbocycles. The van der Waals surface area contributed by atoms with Gasteiger partial charge in [0.05, 0.1) is 36.5 Å². The average Bonchev–Trinajstić information content (AvgIpc) is 3.24. The van der Waals surface area contributed by atoms with Crippen LogP contribution in [0.4, 0.5) is 5.69 Å². The van der Waals surface area contributed by atoms with Gasteiger partial charge in [0.25, 0.3) is 0 Å². The minimum absolute atomic E-state index is 0.231. The Kier molecular flexibility index (Phi) is 5.16. The third-order valence-electron chi connectivity index (χ3n) is 4.68. The van der Waals surface area contributed by atoms with Crippen molar-refractivity contribution in [2.75, 3.05) is 5.32 Å². The lowest BCUT2D eigenvalue weighted by atomic mass is 9.78. The highest BCUT2D eigenvalue weighted by Crippen LogP contribution is 2.31. The molecule has 1 amide bonds.